The molecule has 10 nitrogen and oxygen atoms in total. The van der Waals surface area contributed by atoms with E-state index in [1.54, 1.807) is 61.5 Å². The predicted molar refractivity (Wildman–Crippen MR) is 165 cm³/mol. The van der Waals surface area contributed by atoms with Gasteiger partial charge in [-0.05, 0) is 55.3 Å². The van der Waals surface area contributed by atoms with Crippen molar-refractivity contribution >= 4 is 28.1 Å². The standard InChI is InChI=1S/C34H30N2O8S/c1-22-12-18-27(19-13-22)45(41,42)44-29-11-7-6-10-28(29)31-30(33(39)43-21-25-8-4-3-5-9-25)23(2)36(34(40)35-31)20-24-14-16-26(17-15-24)32(37)38/h3-19,31H,20-21H2,1-2H3,(H,35,40)(H,37,38). The van der Waals surface area contributed by atoms with E-state index in [4.69, 9.17) is 8.92 Å². The maximum Gasteiger partial charge on any atom is 0.339 e. The molecule has 0 saturated carbocycles. The first kappa shape index (κ1) is 31.0. The maximum absolute atomic E-state index is 13.8. The van der Waals surface area contributed by atoms with Crippen molar-refractivity contribution in [2.45, 2.75) is 37.9 Å². The van der Waals surface area contributed by atoms with E-state index in [0.29, 0.717) is 5.56 Å². The van der Waals surface area contributed by atoms with E-state index in [0.717, 1.165) is 11.1 Å². The molecule has 5 rings (SSSR count). The zero-order valence-corrected chi connectivity index (χ0v) is 25.3. The summed E-state index contributed by atoms with van der Waals surface area (Å²) in [5, 5.41) is 12.1. The van der Waals surface area contributed by atoms with Gasteiger partial charge in [0, 0.05) is 11.3 Å². The number of carboxylic acid groups (broad SMARTS) is 1. The number of hydrogen-bond acceptors (Lipinski definition) is 7. The number of ether oxygens (including phenoxy) is 1. The van der Waals surface area contributed by atoms with E-state index in [1.165, 1.54) is 35.2 Å². The number of nitrogens with zero attached hydrogens (tertiary/aromatic N) is 1. The van der Waals surface area contributed by atoms with Crippen LogP contribution in [0.5, 0.6) is 5.75 Å². The van der Waals surface area contributed by atoms with Gasteiger partial charge in [0.25, 0.3) is 0 Å². The number of hydrogen-bond donors (Lipinski definition) is 2. The second-order valence-corrected chi connectivity index (χ2v) is 12.0. The van der Waals surface area contributed by atoms with Crippen molar-refractivity contribution < 1.29 is 36.8 Å². The van der Waals surface area contributed by atoms with Crippen LogP contribution in [0.4, 0.5) is 4.79 Å². The maximum atomic E-state index is 13.8. The minimum atomic E-state index is -4.26. The highest BCUT2D eigenvalue weighted by Crippen LogP contribution is 2.37. The smallest absolute Gasteiger partial charge is 0.339 e. The summed E-state index contributed by atoms with van der Waals surface area (Å²) in [7, 11) is -4.26. The summed E-state index contributed by atoms with van der Waals surface area (Å²) in [6.45, 7) is 3.43. The summed E-state index contributed by atoms with van der Waals surface area (Å²) < 4.78 is 37.7. The largest absolute Gasteiger partial charge is 0.478 e. The van der Waals surface area contributed by atoms with E-state index >= 15 is 0 Å². The first-order valence-corrected chi connectivity index (χ1v) is 15.4. The number of aromatic carboxylic acids is 1. The summed E-state index contributed by atoms with van der Waals surface area (Å²) in [4.78, 5) is 39.9. The van der Waals surface area contributed by atoms with Gasteiger partial charge in [-0.2, -0.15) is 8.42 Å². The number of carbonyl (C=O) groups is 3. The molecule has 0 aliphatic carbocycles. The average Bonchev–Trinajstić information content (AvgIpc) is 3.02. The average molecular weight is 627 g/mol. The monoisotopic (exact) mass is 626 g/mol. The molecule has 45 heavy (non-hydrogen) atoms. The fourth-order valence-electron chi connectivity index (χ4n) is 4.87. The summed E-state index contributed by atoms with van der Waals surface area (Å²) in [6.07, 6.45) is 0. The number of aryl methyl sites for hydroxylation is 1. The number of benzene rings is 4. The summed E-state index contributed by atoms with van der Waals surface area (Å²) in [5.41, 5.74) is 2.94. The van der Waals surface area contributed by atoms with Crippen LogP contribution in [-0.2, 0) is 32.8 Å². The molecule has 11 heteroatoms. The molecule has 0 saturated heterocycles. The van der Waals surface area contributed by atoms with Crippen molar-refractivity contribution in [1.29, 1.82) is 0 Å². The Bertz CT molecular complexity index is 1870. The molecule has 1 aliphatic rings. The highest BCUT2D eigenvalue weighted by atomic mass is 32.2. The normalized spacial score (nSPS) is 14.9. The molecule has 1 atom stereocenters. The Morgan fingerprint density at radius 3 is 2.16 bits per heavy atom. The lowest BCUT2D eigenvalue weighted by molar-refractivity contribution is -0.141. The minimum Gasteiger partial charge on any atom is -0.478 e. The van der Waals surface area contributed by atoms with Crippen LogP contribution in [0.15, 0.2) is 119 Å². The summed E-state index contributed by atoms with van der Waals surface area (Å²) in [6, 6.07) is 25.9. The molecule has 1 aliphatic heterocycles. The lowest BCUT2D eigenvalue weighted by Crippen LogP contribution is -2.47. The van der Waals surface area contributed by atoms with Crippen molar-refractivity contribution in [1.82, 2.24) is 10.2 Å². The third kappa shape index (κ3) is 7.05. The Hall–Kier alpha value is -5.42. The molecular formula is C34H30N2O8S. The number of rotatable bonds is 10. The number of urea groups is 1. The Balaban J connectivity index is 1.52. The number of nitrogens with one attached hydrogen (secondary N) is 1. The molecule has 0 aromatic heterocycles. The van der Waals surface area contributed by atoms with Crippen molar-refractivity contribution in [3.05, 3.63) is 142 Å². The van der Waals surface area contributed by atoms with Gasteiger partial charge in [-0.1, -0.05) is 78.4 Å². The van der Waals surface area contributed by atoms with E-state index in [-0.39, 0.29) is 46.2 Å². The minimum absolute atomic E-state index is 0.0275. The molecule has 0 bridgehead atoms. The zero-order valence-electron chi connectivity index (χ0n) is 24.5. The van der Waals surface area contributed by atoms with Gasteiger partial charge in [0.2, 0.25) is 0 Å². The van der Waals surface area contributed by atoms with Crippen LogP contribution in [0.25, 0.3) is 0 Å². The second kappa shape index (κ2) is 13.1. The van der Waals surface area contributed by atoms with Gasteiger partial charge in [-0.25, -0.2) is 14.4 Å². The number of esters is 1. The molecule has 230 valence electrons. The molecule has 0 fully saturated rings. The number of carboxylic acids is 1. The number of para-hydroxylation sites is 1. The van der Waals surface area contributed by atoms with E-state index < -0.39 is 34.1 Å². The van der Waals surface area contributed by atoms with Gasteiger partial charge in [0.15, 0.2) is 0 Å². The highest BCUT2D eigenvalue weighted by molar-refractivity contribution is 7.87. The number of amides is 2. The lowest BCUT2D eigenvalue weighted by Gasteiger charge is -2.36. The molecule has 0 radical (unpaired) electrons. The number of carbonyl (C=O) groups excluding carboxylic acids is 2. The third-order valence-corrected chi connectivity index (χ3v) is 8.56. The van der Waals surface area contributed by atoms with Crippen molar-refractivity contribution in [3.63, 3.8) is 0 Å². The van der Waals surface area contributed by atoms with Gasteiger partial charge in [0.1, 0.15) is 17.3 Å². The third-order valence-electron chi connectivity index (χ3n) is 7.31. The quantitative estimate of drug-likeness (QED) is 0.168. The molecule has 2 amide bonds. The van der Waals surface area contributed by atoms with Crippen LogP contribution in [0.2, 0.25) is 0 Å². The lowest BCUT2D eigenvalue weighted by atomic mass is 9.94. The molecular weight excluding hydrogens is 596 g/mol. The second-order valence-electron chi connectivity index (χ2n) is 10.4. The van der Waals surface area contributed by atoms with Crippen LogP contribution in [-0.4, -0.2) is 36.4 Å². The Kier molecular flexibility index (Phi) is 9.01. The van der Waals surface area contributed by atoms with Gasteiger partial charge >= 0.3 is 28.1 Å². The van der Waals surface area contributed by atoms with Crippen LogP contribution >= 0.6 is 0 Å². The molecule has 4 aromatic carbocycles. The summed E-state index contributed by atoms with van der Waals surface area (Å²) in [5.74, 6) is -1.86. The van der Waals surface area contributed by atoms with Crippen molar-refractivity contribution in [3.8, 4) is 5.75 Å². The molecule has 1 heterocycles. The first-order valence-electron chi connectivity index (χ1n) is 14.0. The van der Waals surface area contributed by atoms with Crippen LogP contribution in [0.3, 0.4) is 0 Å². The predicted octanol–water partition coefficient (Wildman–Crippen LogP) is 5.74. The molecule has 0 spiro atoms. The van der Waals surface area contributed by atoms with Crippen LogP contribution in [0, 0.1) is 6.92 Å². The SMILES string of the molecule is CC1=C(C(=O)OCc2ccccc2)C(c2ccccc2OS(=O)(=O)c2ccc(C)cc2)NC(=O)N1Cc1ccc(C(=O)O)cc1. The number of allylic oxidation sites excluding steroid dienone is 1. The van der Waals surface area contributed by atoms with Gasteiger partial charge in [-0.3, -0.25) is 4.90 Å². The van der Waals surface area contributed by atoms with E-state index in [2.05, 4.69) is 5.32 Å². The Labute approximate surface area is 260 Å². The van der Waals surface area contributed by atoms with Crippen LogP contribution < -0.4 is 9.50 Å². The van der Waals surface area contributed by atoms with E-state index in [9.17, 15) is 27.9 Å². The first-order chi connectivity index (χ1) is 21.5. The van der Waals surface area contributed by atoms with Gasteiger partial charge < -0.3 is 19.3 Å². The zero-order chi connectivity index (χ0) is 32.1. The van der Waals surface area contributed by atoms with Crippen LogP contribution in [0.1, 0.15) is 45.6 Å². The topological polar surface area (TPSA) is 139 Å². The Morgan fingerprint density at radius 2 is 1.49 bits per heavy atom. The Morgan fingerprint density at radius 1 is 0.844 bits per heavy atom. The molecule has 4 aromatic rings. The van der Waals surface area contributed by atoms with Gasteiger partial charge in [-0.15, -0.1) is 0 Å². The highest BCUT2D eigenvalue weighted by Gasteiger charge is 2.38. The summed E-state index contributed by atoms with van der Waals surface area (Å²) >= 11 is 0. The molecule has 2 N–H and O–H groups in total. The van der Waals surface area contributed by atoms with Gasteiger partial charge in [0.05, 0.1) is 23.7 Å². The fourth-order valence-corrected chi connectivity index (χ4v) is 5.83. The fraction of sp³-hybridized carbons (Fsp3) is 0.147. The van der Waals surface area contributed by atoms with Crippen molar-refractivity contribution in [2.24, 2.45) is 0 Å². The molecule has 1 unspecified atom stereocenters. The van der Waals surface area contributed by atoms with Crippen molar-refractivity contribution in [2.75, 3.05) is 0 Å². The van der Waals surface area contributed by atoms with E-state index in [1.807, 2.05) is 25.1 Å².